The molecular weight excluding hydrogens is 372 g/mol. The Morgan fingerprint density at radius 2 is 1.88 bits per heavy atom. The number of nitrogens with zero attached hydrogens (tertiary/aromatic N) is 1. The molecule has 26 heavy (non-hydrogen) atoms. The third kappa shape index (κ3) is 4.99. The van der Waals surface area contributed by atoms with Crippen LogP contribution in [0, 0.1) is 6.92 Å². The van der Waals surface area contributed by atoms with Crippen molar-refractivity contribution >= 4 is 33.2 Å². The molecule has 7 heteroatoms. The van der Waals surface area contributed by atoms with Gasteiger partial charge in [-0.15, -0.1) is 0 Å². The number of hydrogen-bond donors (Lipinski definition) is 1. The van der Waals surface area contributed by atoms with Crippen LogP contribution in [0.4, 0.5) is 5.69 Å². The Balaban J connectivity index is 2.27. The summed E-state index contributed by atoms with van der Waals surface area (Å²) >= 11 is 6.11. The molecule has 0 aliphatic rings. The van der Waals surface area contributed by atoms with Gasteiger partial charge in [0, 0.05) is 11.6 Å². The van der Waals surface area contributed by atoms with Crippen molar-refractivity contribution in [3.8, 4) is 0 Å². The van der Waals surface area contributed by atoms with Crippen molar-refractivity contribution in [3.05, 3.63) is 64.7 Å². The van der Waals surface area contributed by atoms with Crippen molar-refractivity contribution in [2.24, 2.45) is 0 Å². The number of carbonyl (C=O) groups is 1. The first-order valence-electron chi connectivity index (χ1n) is 8.31. The highest BCUT2D eigenvalue weighted by Crippen LogP contribution is 2.23. The van der Waals surface area contributed by atoms with E-state index in [1.807, 2.05) is 31.2 Å². The number of hydrogen-bond acceptors (Lipinski definition) is 3. The van der Waals surface area contributed by atoms with E-state index in [1.54, 1.807) is 31.2 Å². The fourth-order valence-corrected chi connectivity index (χ4v) is 4.17. The third-order valence-electron chi connectivity index (χ3n) is 4.00. The molecule has 0 saturated carbocycles. The van der Waals surface area contributed by atoms with Crippen LogP contribution in [0.5, 0.6) is 0 Å². The van der Waals surface area contributed by atoms with E-state index in [0.717, 1.165) is 17.4 Å². The van der Waals surface area contributed by atoms with Crippen LogP contribution in [-0.4, -0.2) is 26.6 Å². The van der Waals surface area contributed by atoms with Gasteiger partial charge in [0.1, 0.15) is 6.04 Å². The standard InChI is InChI=1S/C19H23ClN2O3S/c1-4-18(19(23)21-13-15-9-5-6-11-17(15)20)22(26(3,24)25)16-10-7-8-14(2)12-16/h5-12,18H,4,13H2,1-3H3,(H,21,23)/t18-/m0/s1. The average Bonchev–Trinajstić information content (AvgIpc) is 2.57. The van der Waals surface area contributed by atoms with E-state index in [1.165, 1.54) is 4.31 Å². The summed E-state index contributed by atoms with van der Waals surface area (Å²) in [5, 5.41) is 3.35. The van der Waals surface area contributed by atoms with Gasteiger partial charge in [0.2, 0.25) is 15.9 Å². The molecule has 1 atom stereocenters. The van der Waals surface area contributed by atoms with Crippen molar-refractivity contribution in [3.63, 3.8) is 0 Å². The molecular formula is C19H23ClN2O3S. The number of sulfonamides is 1. The smallest absolute Gasteiger partial charge is 0.244 e. The van der Waals surface area contributed by atoms with Crippen molar-refractivity contribution in [1.29, 1.82) is 0 Å². The summed E-state index contributed by atoms with van der Waals surface area (Å²) in [5.41, 5.74) is 2.17. The predicted octanol–water partition coefficient (Wildman–Crippen LogP) is 3.51. The second-order valence-electron chi connectivity index (χ2n) is 6.13. The Kier molecular flexibility index (Phi) is 6.67. The quantitative estimate of drug-likeness (QED) is 0.781. The van der Waals surface area contributed by atoms with Gasteiger partial charge in [-0.05, 0) is 42.7 Å². The lowest BCUT2D eigenvalue weighted by Crippen LogP contribution is -2.49. The highest BCUT2D eigenvalue weighted by atomic mass is 35.5. The molecule has 0 heterocycles. The van der Waals surface area contributed by atoms with E-state index in [9.17, 15) is 13.2 Å². The fourth-order valence-electron chi connectivity index (χ4n) is 2.77. The number of amides is 1. The van der Waals surface area contributed by atoms with Gasteiger partial charge in [-0.1, -0.05) is 48.9 Å². The van der Waals surface area contributed by atoms with Crippen LogP contribution < -0.4 is 9.62 Å². The Morgan fingerprint density at radius 3 is 2.46 bits per heavy atom. The van der Waals surface area contributed by atoms with Gasteiger partial charge in [-0.2, -0.15) is 0 Å². The first-order chi connectivity index (χ1) is 12.2. The van der Waals surface area contributed by atoms with Crippen LogP contribution in [0.25, 0.3) is 0 Å². The lowest BCUT2D eigenvalue weighted by Gasteiger charge is -2.30. The van der Waals surface area contributed by atoms with Crippen LogP contribution in [-0.2, 0) is 21.4 Å². The van der Waals surface area contributed by atoms with Crippen LogP contribution >= 0.6 is 11.6 Å². The fraction of sp³-hybridized carbons (Fsp3) is 0.316. The van der Waals surface area contributed by atoms with Crippen LogP contribution in [0.1, 0.15) is 24.5 Å². The van der Waals surface area contributed by atoms with Gasteiger partial charge in [0.05, 0.1) is 11.9 Å². The van der Waals surface area contributed by atoms with E-state index >= 15 is 0 Å². The highest BCUT2D eigenvalue weighted by molar-refractivity contribution is 7.92. The minimum atomic E-state index is -3.64. The second-order valence-corrected chi connectivity index (χ2v) is 8.40. The Labute approximate surface area is 160 Å². The van der Waals surface area contributed by atoms with E-state index in [2.05, 4.69) is 5.32 Å². The SMILES string of the molecule is CC[C@@H](C(=O)NCc1ccccc1Cl)N(c1cccc(C)c1)S(C)(=O)=O. The summed E-state index contributed by atoms with van der Waals surface area (Å²) < 4.78 is 26.0. The maximum absolute atomic E-state index is 12.7. The van der Waals surface area contributed by atoms with Crippen LogP contribution in [0.3, 0.4) is 0 Å². The molecule has 2 aromatic rings. The second kappa shape index (κ2) is 8.56. The first-order valence-corrected chi connectivity index (χ1v) is 10.5. The van der Waals surface area contributed by atoms with Crippen LogP contribution in [0.2, 0.25) is 5.02 Å². The van der Waals surface area contributed by atoms with E-state index < -0.39 is 16.1 Å². The topological polar surface area (TPSA) is 66.5 Å². The molecule has 140 valence electrons. The predicted molar refractivity (Wildman–Crippen MR) is 106 cm³/mol. The molecule has 0 radical (unpaired) electrons. The molecule has 0 fully saturated rings. The number of halogens is 1. The zero-order chi connectivity index (χ0) is 19.3. The minimum absolute atomic E-state index is 0.237. The van der Waals surface area contributed by atoms with E-state index in [0.29, 0.717) is 17.1 Å². The summed E-state index contributed by atoms with van der Waals surface area (Å²) in [6.07, 6.45) is 1.45. The summed E-state index contributed by atoms with van der Waals surface area (Å²) in [6.45, 7) is 3.90. The Hall–Kier alpha value is -2.05. The zero-order valence-corrected chi connectivity index (χ0v) is 16.6. The van der Waals surface area contributed by atoms with Gasteiger partial charge in [0.15, 0.2) is 0 Å². The molecule has 0 aliphatic carbocycles. The lowest BCUT2D eigenvalue weighted by molar-refractivity contribution is -0.122. The number of anilines is 1. The van der Waals surface area contributed by atoms with Gasteiger partial charge < -0.3 is 5.32 Å². The molecule has 1 N–H and O–H groups in total. The van der Waals surface area contributed by atoms with Crippen molar-refractivity contribution in [2.75, 3.05) is 10.6 Å². The summed E-state index contributed by atoms with van der Waals surface area (Å²) in [5.74, 6) is -0.362. The largest absolute Gasteiger partial charge is 0.350 e. The maximum Gasteiger partial charge on any atom is 0.244 e. The van der Waals surface area contributed by atoms with E-state index in [4.69, 9.17) is 11.6 Å². The number of nitrogens with one attached hydrogen (secondary N) is 1. The Morgan fingerprint density at radius 1 is 1.19 bits per heavy atom. The number of carbonyl (C=O) groups excluding carboxylic acids is 1. The molecule has 5 nitrogen and oxygen atoms in total. The third-order valence-corrected chi connectivity index (χ3v) is 5.55. The zero-order valence-electron chi connectivity index (χ0n) is 15.1. The van der Waals surface area contributed by atoms with Gasteiger partial charge >= 0.3 is 0 Å². The van der Waals surface area contributed by atoms with Gasteiger partial charge in [-0.3, -0.25) is 9.10 Å². The molecule has 1 amide bonds. The minimum Gasteiger partial charge on any atom is -0.350 e. The van der Waals surface area contributed by atoms with Gasteiger partial charge in [-0.25, -0.2) is 8.42 Å². The van der Waals surface area contributed by atoms with E-state index in [-0.39, 0.29) is 12.5 Å². The maximum atomic E-state index is 12.7. The summed E-state index contributed by atoms with van der Waals surface area (Å²) in [6, 6.07) is 13.5. The molecule has 2 aromatic carbocycles. The number of rotatable bonds is 7. The van der Waals surface area contributed by atoms with Crippen molar-refractivity contribution < 1.29 is 13.2 Å². The number of aryl methyl sites for hydroxylation is 1. The van der Waals surface area contributed by atoms with Crippen molar-refractivity contribution in [1.82, 2.24) is 5.32 Å². The molecule has 2 rings (SSSR count). The highest BCUT2D eigenvalue weighted by Gasteiger charge is 2.31. The van der Waals surface area contributed by atoms with Crippen LogP contribution in [0.15, 0.2) is 48.5 Å². The van der Waals surface area contributed by atoms with Gasteiger partial charge in [0.25, 0.3) is 0 Å². The molecule has 0 spiro atoms. The lowest BCUT2D eigenvalue weighted by atomic mass is 10.1. The first kappa shape index (κ1) is 20.3. The Bertz CT molecular complexity index is 884. The monoisotopic (exact) mass is 394 g/mol. The average molecular weight is 395 g/mol. The van der Waals surface area contributed by atoms with Crippen molar-refractivity contribution in [2.45, 2.75) is 32.9 Å². The molecule has 0 aromatic heterocycles. The molecule has 0 unspecified atom stereocenters. The number of benzene rings is 2. The normalized spacial score (nSPS) is 12.5. The molecule has 0 saturated heterocycles. The molecule has 0 bridgehead atoms. The molecule has 0 aliphatic heterocycles. The summed E-state index contributed by atoms with van der Waals surface area (Å²) in [4.78, 5) is 12.7. The summed E-state index contributed by atoms with van der Waals surface area (Å²) in [7, 11) is -3.64.